The van der Waals surface area contributed by atoms with Crippen molar-refractivity contribution >= 4 is 28.9 Å². The van der Waals surface area contributed by atoms with E-state index in [1.54, 1.807) is 0 Å². The number of benzene rings is 3. The fourth-order valence-electron chi connectivity index (χ4n) is 5.23. The van der Waals surface area contributed by atoms with Crippen LogP contribution >= 0.6 is 23.2 Å². The first-order valence-electron chi connectivity index (χ1n) is 11.0. The zero-order chi connectivity index (χ0) is 21.2. The molecule has 3 heterocycles. The van der Waals surface area contributed by atoms with Gasteiger partial charge in [0.1, 0.15) is 0 Å². The second-order valence-corrected chi connectivity index (χ2v) is 9.29. The average molecular weight is 449 g/mol. The molecule has 6 rings (SSSR count). The van der Waals surface area contributed by atoms with Crippen LogP contribution in [0.1, 0.15) is 35.4 Å². The van der Waals surface area contributed by atoms with Crippen molar-refractivity contribution in [3.8, 4) is 0 Å². The van der Waals surface area contributed by atoms with Crippen molar-refractivity contribution in [2.45, 2.75) is 31.3 Å². The Morgan fingerprint density at radius 2 is 1.42 bits per heavy atom. The summed E-state index contributed by atoms with van der Waals surface area (Å²) in [7, 11) is 0. The van der Waals surface area contributed by atoms with E-state index in [0.717, 1.165) is 18.7 Å². The van der Waals surface area contributed by atoms with Crippen molar-refractivity contribution in [1.82, 2.24) is 4.90 Å². The van der Waals surface area contributed by atoms with Crippen LogP contribution in [-0.4, -0.2) is 29.7 Å². The molecular weight excluding hydrogens is 423 g/mol. The lowest BCUT2D eigenvalue weighted by Crippen LogP contribution is -2.58. The van der Waals surface area contributed by atoms with Gasteiger partial charge in [0, 0.05) is 17.5 Å². The van der Waals surface area contributed by atoms with Gasteiger partial charge in [0.05, 0.1) is 22.6 Å². The topological polar surface area (TPSA) is 15.6 Å². The number of hydrogen-bond donors (Lipinski definition) is 0. The van der Waals surface area contributed by atoms with Crippen molar-refractivity contribution in [1.29, 1.82) is 0 Å². The Hall–Kier alpha value is -2.13. The van der Waals surface area contributed by atoms with Crippen LogP contribution < -0.4 is 0 Å². The molecule has 0 N–H and O–H groups in total. The predicted octanol–water partition coefficient (Wildman–Crippen LogP) is 6.86. The minimum absolute atomic E-state index is 0.263. The van der Waals surface area contributed by atoms with E-state index >= 15 is 0 Å². The molecule has 1 unspecified atom stereocenters. The average Bonchev–Trinajstić information content (AvgIpc) is 2.83. The molecule has 3 fully saturated rings. The molecule has 0 spiro atoms. The number of halogens is 2. The molecule has 0 aromatic heterocycles. The highest BCUT2D eigenvalue weighted by atomic mass is 35.5. The van der Waals surface area contributed by atoms with E-state index in [9.17, 15) is 0 Å². The van der Waals surface area contributed by atoms with Gasteiger partial charge in [0.15, 0.2) is 0 Å². The third-order valence-corrected chi connectivity index (χ3v) is 7.60. The highest BCUT2D eigenvalue weighted by Crippen LogP contribution is 2.40. The van der Waals surface area contributed by atoms with Crippen molar-refractivity contribution in [2.24, 2.45) is 10.9 Å². The van der Waals surface area contributed by atoms with Gasteiger partial charge in [0.25, 0.3) is 0 Å². The van der Waals surface area contributed by atoms with Crippen LogP contribution in [0, 0.1) is 5.92 Å². The van der Waals surface area contributed by atoms with Crippen molar-refractivity contribution in [2.75, 3.05) is 13.1 Å². The summed E-state index contributed by atoms with van der Waals surface area (Å²) in [5, 5.41) is 1.21. The van der Waals surface area contributed by atoms with E-state index in [0.29, 0.717) is 22.5 Å². The van der Waals surface area contributed by atoms with Gasteiger partial charge in [-0.05, 0) is 48.7 Å². The Kier molecular flexibility index (Phi) is 6.13. The molecule has 0 saturated carbocycles. The van der Waals surface area contributed by atoms with Crippen molar-refractivity contribution < 1.29 is 0 Å². The first-order chi connectivity index (χ1) is 15.2. The van der Waals surface area contributed by atoms with Crippen LogP contribution in [0.25, 0.3) is 0 Å². The van der Waals surface area contributed by atoms with Crippen molar-refractivity contribution in [3.05, 3.63) is 106 Å². The second-order valence-electron chi connectivity index (χ2n) is 8.51. The number of hydrogen-bond acceptors (Lipinski definition) is 2. The molecule has 3 aromatic carbocycles. The summed E-state index contributed by atoms with van der Waals surface area (Å²) in [6.45, 7) is 2.86. The van der Waals surface area contributed by atoms with Crippen LogP contribution in [-0.2, 0) is 6.54 Å². The summed E-state index contributed by atoms with van der Waals surface area (Å²) in [4.78, 5) is 7.87. The van der Waals surface area contributed by atoms with E-state index in [-0.39, 0.29) is 12.0 Å². The lowest BCUT2D eigenvalue weighted by molar-refractivity contribution is 0.135. The van der Waals surface area contributed by atoms with Gasteiger partial charge in [-0.15, -0.1) is 0 Å². The number of rotatable bonds is 5. The normalized spacial score (nSPS) is 24.1. The summed E-state index contributed by atoms with van der Waals surface area (Å²) in [6.07, 6.45) is 2.38. The molecule has 0 amide bonds. The van der Waals surface area contributed by atoms with E-state index in [1.807, 2.05) is 18.2 Å². The third-order valence-electron chi connectivity index (χ3n) is 6.74. The SMILES string of the molecule is Clc1cccc(CN=C2C3CCN(CC3)C2C(c2ccccc2)c2ccccc2)c1Cl. The minimum Gasteiger partial charge on any atom is -0.294 e. The second kappa shape index (κ2) is 9.16. The molecule has 3 aliphatic rings. The molecule has 1 atom stereocenters. The van der Waals surface area contributed by atoms with Gasteiger partial charge in [-0.3, -0.25) is 9.89 Å². The highest BCUT2D eigenvalue weighted by molar-refractivity contribution is 6.42. The molecule has 4 heteroatoms. The zero-order valence-corrected chi connectivity index (χ0v) is 18.9. The Balaban J connectivity index is 1.57. The Labute approximate surface area is 194 Å². The highest BCUT2D eigenvalue weighted by Gasteiger charge is 2.43. The molecule has 0 aliphatic carbocycles. The van der Waals surface area contributed by atoms with E-state index in [4.69, 9.17) is 28.2 Å². The molecule has 0 radical (unpaired) electrons. The largest absolute Gasteiger partial charge is 0.294 e. The van der Waals surface area contributed by atoms with E-state index in [2.05, 4.69) is 65.6 Å². The molecule has 3 saturated heterocycles. The number of piperidine rings is 3. The lowest BCUT2D eigenvalue weighted by atomic mass is 9.72. The fourth-order valence-corrected chi connectivity index (χ4v) is 5.61. The summed E-state index contributed by atoms with van der Waals surface area (Å²) < 4.78 is 0. The lowest BCUT2D eigenvalue weighted by Gasteiger charge is -2.49. The smallest absolute Gasteiger partial charge is 0.0655 e. The molecule has 31 heavy (non-hydrogen) atoms. The summed E-state index contributed by atoms with van der Waals surface area (Å²) in [5.74, 6) is 0.807. The van der Waals surface area contributed by atoms with E-state index in [1.165, 1.54) is 29.7 Å². The van der Waals surface area contributed by atoms with Crippen molar-refractivity contribution in [3.63, 3.8) is 0 Å². The monoisotopic (exact) mass is 448 g/mol. The number of aliphatic imine (C=N–C) groups is 1. The molecular formula is C27H26Cl2N2. The Morgan fingerprint density at radius 1 is 0.806 bits per heavy atom. The molecule has 2 nitrogen and oxygen atoms in total. The summed E-state index contributed by atoms with van der Waals surface area (Å²) in [6, 6.07) is 27.9. The minimum atomic E-state index is 0.263. The standard InChI is InChI=1S/C27H26Cl2N2/c28-23-13-7-12-22(25(23)29)18-30-26-21-14-16-31(17-15-21)27(26)24(19-8-3-1-4-9-19)20-10-5-2-6-11-20/h1-13,21,24,27H,14-18H2. The predicted molar refractivity (Wildman–Crippen MR) is 130 cm³/mol. The van der Waals surface area contributed by atoms with Gasteiger partial charge in [-0.25, -0.2) is 0 Å². The summed E-state index contributed by atoms with van der Waals surface area (Å²) >= 11 is 12.7. The maximum Gasteiger partial charge on any atom is 0.0655 e. The maximum atomic E-state index is 6.47. The summed E-state index contributed by atoms with van der Waals surface area (Å²) in [5.41, 5.74) is 5.01. The maximum absolute atomic E-state index is 6.47. The van der Waals surface area contributed by atoms with E-state index < -0.39 is 0 Å². The first-order valence-corrected chi connectivity index (χ1v) is 11.8. The van der Waals surface area contributed by atoms with Gasteiger partial charge in [-0.1, -0.05) is 96.0 Å². The fraction of sp³-hybridized carbons (Fsp3) is 0.296. The molecule has 3 aromatic rings. The van der Waals surface area contributed by atoms with Crippen LogP contribution in [0.4, 0.5) is 0 Å². The van der Waals surface area contributed by atoms with Gasteiger partial charge < -0.3 is 0 Å². The van der Waals surface area contributed by atoms with Gasteiger partial charge in [0.2, 0.25) is 0 Å². The molecule has 3 aliphatic heterocycles. The zero-order valence-electron chi connectivity index (χ0n) is 17.4. The van der Waals surface area contributed by atoms with Gasteiger partial charge >= 0.3 is 0 Å². The van der Waals surface area contributed by atoms with Crippen LogP contribution in [0.15, 0.2) is 83.9 Å². The Bertz CT molecular complexity index is 1020. The number of nitrogens with zero attached hydrogens (tertiary/aromatic N) is 2. The van der Waals surface area contributed by atoms with Crippen LogP contribution in [0.3, 0.4) is 0 Å². The van der Waals surface area contributed by atoms with Gasteiger partial charge in [-0.2, -0.15) is 0 Å². The molecule has 2 bridgehead atoms. The number of fused-ring (bicyclic) bond motifs is 3. The first kappa shape index (κ1) is 20.8. The van der Waals surface area contributed by atoms with Crippen LogP contribution in [0.2, 0.25) is 10.0 Å². The third kappa shape index (κ3) is 4.17. The molecule has 158 valence electrons. The van der Waals surface area contributed by atoms with Crippen LogP contribution in [0.5, 0.6) is 0 Å². The Morgan fingerprint density at radius 3 is 2.03 bits per heavy atom. The quantitative estimate of drug-likeness (QED) is 0.416.